The zero-order chi connectivity index (χ0) is 12.4. The first-order valence-corrected chi connectivity index (χ1v) is 6.30. The molecule has 5 nitrogen and oxygen atoms in total. The van der Waals surface area contributed by atoms with Crippen molar-refractivity contribution < 1.29 is 5.11 Å². The summed E-state index contributed by atoms with van der Waals surface area (Å²) in [6.45, 7) is 0.838. The summed E-state index contributed by atoms with van der Waals surface area (Å²) in [5.74, 6) is 0.517. The number of nitrogens with zero attached hydrogens (tertiary/aromatic N) is 4. The van der Waals surface area contributed by atoms with E-state index in [0.717, 1.165) is 37.1 Å². The van der Waals surface area contributed by atoms with E-state index >= 15 is 0 Å². The van der Waals surface area contributed by atoms with Crippen LogP contribution in [0.15, 0.2) is 30.7 Å². The van der Waals surface area contributed by atoms with Crippen LogP contribution >= 0.6 is 0 Å². The summed E-state index contributed by atoms with van der Waals surface area (Å²) in [7, 11) is 0. The van der Waals surface area contributed by atoms with Crippen LogP contribution in [0.3, 0.4) is 0 Å². The Bertz CT molecular complexity index is 511. The van der Waals surface area contributed by atoms with E-state index in [0.29, 0.717) is 5.92 Å². The van der Waals surface area contributed by atoms with Crippen LogP contribution in [-0.2, 0) is 6.54 Å². The van der Waals surface area contributed by atoms with Crippen molar-refractivity contribution >= 4 is 0 Å². The maximum absolute atomic E-state index is 9.51. The lowest BCUT2D eigenvalue weighted by Gasteiger charge is -2.07. The molecule has 94 valence electrons. The lowest BCUT2D eigenvalue weighted by Crippen LogP contribution is -2.09. The van der Waals surface area contributed by atoms with Gasteiger partial charge in [0.05, 0.1) is 12.3 Å². The molecule has 0 radical (unpaired) electrons. The highest BCUT2D eigenvalue weighted by atomic mass is 16.3. The zero-order valence-electron chi connectivity index (χ0n) is 10.1. The van der Waals surface area contributed by atoms with Gasteiger partial charge in [-0.05, 0) is 37.3 Å². The molecule has 1 N–H and O–H groups in total. The number of rotatable bonds is 3. The normalized spacial score (nSPS) is 23.4. The van der Waals surface area contributed by atoms with Gasteiger partial charge in [0.15, 0.2) is 0 Å². The van der Waals surface area contributed by atoms with E-state index in [9.17, 15) is 5.11 Å². The Kier molecular flexibility index (Phi) is 3.06. The molecule has 5 heteroatoms. The van der Waals surface area contributed by atoms with Crippen LogP contribution in [0.25, 0.3) is 11.3 Å². The van der Waals surface area contributed by atoms with Gasteiger partial charge < -0.3 is 5.11 Å². The van der Waals surface area contributed by atoms with Gasteiger partial charge in [-0.15, -0.1) is 5.10 Å². The van der Waals surface area contributed by atoms with Crippen LogP contribution in [0, 0.1) is 5.92 Å². The predicted octanol–water partition coefficient (Wildman–Crippen LogP) is 1.50. The highest BCUT2D eigenvalue weighted by molar-refractivity contribution is 5.55. The molecule has 0 amide bonds. The Morgan fingerprint density at radius 1 is 1.39 bits per heavy atom. The fourth-order valence-electron chi connectivity index (χ4n) is 2.51. The van der Waals surface area contributed by atoms with Crippen LogP contribution in [0.4, 0.5) is 0 Å². The number of pyridine rings is 1. The van der Waals surface area contributed by atoms with E-state index in [4.69, 9.17) is 0 Å². The average Bonchev–Trinajstić information content (AvgIpc) is 3.01. The summed E-state index contributed by atoms with van der Waals surface area (Å²) in [5.41, 5.74) is 1.83. The third-order valence-electron chi connectivity index (χ3n) is 3.45. The summed E-state index contributed by atoms with van der Waals surface area (Å²) in [5, 5.41) is 17.8. The van der Waals surface area contributed by atoms with Crippen LogP contribution in [0.1, 0.15) is 19.3 Å². The molecule has 1 aliphatic rings. The van der Waals surface area contributed by atoms with E-state index in [1.165, 1.54) is 0 Å². The molecule has 0 aliphatic heterocycles. The van der Waals surface area contributed by atoms with E-state index in [-0.39, 0.29) is 6.10 Å². The van der Waals surface area contributed by atoms with Crippen molar-refractivity contribution in [2.24, 2.45) is 5.92 Å². The van der Waals surface area contributed by atoms with Gasteiger partial charge in [-0.1, -0.05) is 5.21 Å². The molecule has 1 aliphatic carbocycles. The minimum atomic E-state index is -0.128. The van der Waals surface area contributed by atoms with Gasteiger partial charge >= 0.3 is 0 Å². The van der Waals surface area contributed by atoms with Gasteiger partial charge in [-0.2, -0.15) is 0 Å². The fourth-order valence-corrected chi connectivity index (χ4v) is 2.51. The van der Waals surface area contributed by atoms with Gasteiger partial charge in [-0.25, -0.2) is 0 Å². The molecular formula is C13H16N4O. The third-order valence-corrected chi connectivity index (χ3v) is 3.45. The molecular weight excluding hydrogens is 228 g/mol. The number of hydrogen-bond acceptors (Lipinski definition) is 4. The van der Waals surface area contributed by atoms with E-state index < -0.39 is 0 Å². The molecule has 2 heterocycles. The topological polar surface area (TPSA) is 63.8 Å². The molecule has 0 aromatic carbocycles. The minimum Gasteiger partial charge on any atom is -0.393 e. The van der Waals surface area contributed by atoms with E-state index in [1.807, 2.05) is 23.0 Å². The van der Waals surface area contributed by atoms with E-state index in [1.54, 1.807) is 12.4 Å². The minimum absolute atomic E-state index is 0.128. The molecule has 0 spiro atoms. The Hall–Kier alpha value is -1.75. The molecule has 18 heavy (non-hydrogen) atoms. The van der Waals surface area contributed by atoms with Gasteiger partial charge in [0.1, 0.15) is 5.69 Å². The highest BCUT2D eigenvalue weighted by Gasteiger charge is 2.23. The van der Waals surface area contributed by atoms with Crippen molar-refractivity contribution in [2.45, 2.75) is 31.9 Å². The van der Waals surface area contributed by atoms with Gasteiger partial charge in [0.2, 0.25) is 0 Å². The lowest BCUT2D eigenvalue weighted by molar-refractivity contribution is 0.175. The van der Waals surface area contributed by atoms with Crippen LogP contribution < -0.4 is 0 Å². The van der Waals surface area contributed by atoms with Crippen LogP contribution in [0.2, 0.25) is 0 Å². The van der Waals surface area contributed by atoms with Crippen molar-refractivity contribution in [3.63, 3.8) is 0 Å². The Labute approximate surface area is 105 Å². The lowest BCUT2D eigenvalue weighted by atomic mass is 10.1. The highest BCUT2D eigenvalue weighted by Crippen LogP contribution is 2.26. The summed E-state index contributed by atoms with van der Waals surface area (Å²) in [6.07, 6.45) is 8.21. The summed E-state index contributed by atoms with van der Waals surface area (Å²) in [6, 6.07) is 3.86. The monoisotopic (exact) mass is 244 g/mol. The molecule has 2 atom stereocenters. The second kappa shape index (κ2) is 4.86. The van der Waals surface area contributed by atoms with Crippen molar-refractivity contribution in [2.75, 3.05) is 0 Å². The van der Waals surface area contributed by atoms with Crippen molar-refractivity contribution in [1.82, 2.24) is 20.0 Å². The Morgan fingerprint density at radius 2 is 2.33 bits per heavy atom. The van der Waals surface area contributed by atoms with Gasteiger partial charge in [-0.3, -0.25) is 9.67 Å². The van der Waals surface area contributed by atoms with Crippen molar-refractivity contribution in [3.05, 3.63) is 30.7 Å². The predicted molar refractivity (Wildman–Crippen MR) is 66.6 cm³/mol. The van der Waals surface area contributed by atoms with Crippen molar-refractivity contribution in [3.8, 4) is 11.3 Å². The van der Waals surface area contributed by atoms with Gasteiger partial charge in [0.25, 0.3) is 0 Å². The molecule has 0 bridgehead atoms. The first kappa shape index (κ1) is 11.3. The average molecular weight is 244 g/mol. The number of aliphatic hydroxyl groups excluding tert-OH is 1. The summed E-state index contributed by atoms with van der Waals surface area (Å²) < 4.78 is 1.87. The SMILES string of the molecule is O[C@H]1CC[C@@H](Cn2cc(-c3cccnc3)nn2)C1. The van der Waals surface area contributed by atoms with Crippen LogP contribution in [0.5, 0.6) is 0 Å². The fraction of sp³-hybridized carbons (Fsp3) is 0.462. The maximum Gasteiger partial charge on any atom is 0.114 e. The molecule has 2 aromatic heterocycles. The molecule has 1 saturated carbocycles. The number of hydrogen-bond donors (Lipinski definition) is 1. The Morgan fingerprint density at radius 3 is 3.06 bits per heavy atom. The quantitative estimate of drug-likeness (QED) is 0.888. The smallest absolute Gasteiger partial charge is 0.114 e. The van der Waals surface area contributed by atoms with Crippen molar-refractivity contribution in [1.29, 1.82) is 0 Å². The second-order valence-electron chi connectivity index (χ2n) is 4.90. The Balaban J connectivity index is 1.70. The molecule has 2 aromatic rings. The van der Waals surface area contributed by atoms with E-state index in [2.05, 4.69) is 15.3 Å². The number of aromatic nitrogens is 4. The summed E-state index contributed by atoms with van der Waals surface area (Å²) >= 11 is 0. The summed E-state index contributed by atoms with van der Waals surface area (Å²) in [4.78, 5) is 4.07. The standard InChI is InChI=1S/C13H16N4O/c18-12-4-3-10(6-12)8-17-9-13(15-16-17)11-2-1-5-14-7-11/h1-2,5,7,9-10,12,18H,3-4,6,8H2/t10-,12+/m1/s1. The van der Waals surface area contributed by atoms with Crippen LogP contribution in [-0.4, -0.2) is 31.2 Å². The van der Waals surface area contributed by atoms with Gasteiger partial charge in [0, 0.05) is 24.5 Å². The number of aliphatic hydroxyl groups is 1. The molecule has 0 saturated heterocycles. The largest absolute Gasteiger partial charge is 0.393 e. The first-order chi connectivity index (χ1) is 8.81. The second-order valence-corrected chi connectivity index (χ2v) is 4.90. The first-order valence-electron chi connectivity index (χ1n) is 6.30. The molecule has 0 unspecified atom stereocenters. The molecule has 3 rings (SSSR count). The maximum atomic E-state index is 9.51. The molecule has 1 fully saturated rings. The third kappa shape index (κ3) is 2.41. The zero-order valence-corrected chi connectivity index (χ0v) is 10.1.